The summed E-state index contributed by atoms with van der Waals surface area (Å²) in [5.41, 5.74) is 2.27. The van der Waals surface area contributed by atoms with E-state index >= 15 is 0 Å². The topological polar surface area (TPSA) is 52.6 Å². The molecule has 4 nitrogen and oxygen atoms in total. The van der Waals surface area contributed by atoms with E-state index in [-0.39, 0.29) is 17.4 Å². The quantitative estimate of drug-likeness (QED) is 0.532. The van der Waals surface area contributed by atoms with E-state index in [1.165, 1.54) is 18.2 Å². The molecule has 1 aliphatic carbocycles. The van der Waals surface area contributed by atoms with Crippen molar-refractivity contribution in [3.8, 4) is 5.75 Å². The second-order valence-electron chi connectivity index (χ2n) is 6.51. The highest BCUT2D eigenvalue weighted by atomic mass is 35.5. The molecule has 0 amide bonds. The molecule has 28 heavy (non-hydrogen) atoms. The van der Waals surface area contributed by atoms with Crippen molar-refractivity contribution >= 4 is 28.9 Å². The van der Waals surface area contributed by atoms with Gasteiger partial charge in [0, 0.05) is 5.92 Å². The van der Waals surface area contributed by atoms with Crippen molar-refractivity contribution in [3.05, 3.63) is 70.5 Å². The number of hydrogen-bond acceptors (Lipinski definition) is 4. The molecule has 0 heterocycles. The standard InChI is InChI=1S/C22H20ClFO4/c1-3-28-22(26)21-17(14-6-9-19(24)18(23)11-14)10-15(12-20(21)25)13-4-7-16(27-2)8-5-13/h4-9,11-12,17,21H,3,10H2,1-2H3/t17-,21-/m0/s1. The largest absolute Gasteiger partial charge is 0.497 e. The lowest BCUT2D eigenvalue weighted by molar-refractivity contribution is -0.151. The Morgan fingerprint density at radius 2 is 1.93 bits per heavy atom. The van der Waals surface area contributed by atoms with Crippen molar-refractivity contribution in [2.24, 2.45) is 5.92 Å². The van der Waals surface area contributed by atoms with Crippen LogP contribution in [0.2, 0.25) is 5.02 Å². The Bertz CT molecular complexity index is 921. The van der Waals surface area contributed by atoms with Gasteiger partial charge in [0.05, 0.1) is 18.7 Å². The zero-order valence-corrected chi connectivity index (χ0v) is 16.3. The number of esters is 1. The molecule has 6 heteroatoms. The van der Waals surface area contributed by atoms with E-state index in [9.17, 15) is 14.0 Å². The Hall–Kier alpha value is -2.66. The number of ketones is 1. The molecule has 2 aromatic carbocycles. The molecule has 2 atom stereocenters. The van der Waals surface area contributed by atoms with E-state index in [1.54, 1.807) is 20.1 Å². The normalized spacial score (nSPS) is 19.1. The van der Waals surface area contributed by atoms with E-state index in [0.717, 1.165) is 11.1 Å². The Kier molecular flexibility index (Phi) is 6.15. The monoisotopic (exact) mass is 402 g/mol. The molecule has 0 aromatic heterocycles. The van der Waals surface area contributed by atoms with Crippen molar-refractivity contribution in [2.75, 3.05) is 13.7 Å². The molecule has 0 unspecified atom stereocenters. The van der Waals surface area contributed by atoms with Crippen molar-refractivity contribution in [3.63, 3.8) is 0 Å². The summed E-state index contributed by atoms with van der Waals surface area (Å²) in [6.45, 7) is 1.86. The number of halogens is 2. The molecule has 0 spiro atoms. The van der Waals surface area contributed by atoms with E-state index in [4.69, 9.17) is 21.1 Å². The summed E-state index contributed by atoms with van der Waals surface area (Å²) in [7, 11) is 1.58. The lowest BCUT2D eigenvalue weighted by Crippen LogP contribution is -2.34. The van der Waals surface area contributed by atoms with E-state index in [2.05, 4.69) is 0 Å². The maximum absolute atomic E-state index is 13.6. The van der Waals surface area contributed by atoms with Crippen molar-refractivity contribution < 1.29 is 23.5 Å². The highest BCUT2D eigenvalue weighted by molar-refractivity contribution is 6.30. The first-order valence-electron chi connectivity index (χ1n) is 8.95. The maximum atomic E-state index is 13.6. The zero-order chi connectivity index (χ0) is 20.3. The van der Waals surface area contributed by atoms with E-state index in [1.807, 2.05) is 24.3 Å². The summed E-state index contributed by atoms with van der Waals surface area (Å²) in [6.07, 6.45) is 1.91. The summed E-state index contributed by atoms with van der Waals surface area (Å²) in [4.78, 5) is 25.3. The van der Waals surface area contributed by atoms with Gasteiger partial charge < -0.3 is 9.47 Å². The van der Waals surface area contributed by atoms with Crippen LogP contribution in [0.25, 0.3) is 5.57 Å². The number of hydrogen-bond donors (Lipinski definition) is 0. The molecule has 2 aromatic rings. The number of benzene rings is 2. The highest BCUT2D eigenvalue weighted by Gasteiger charge is 2.40. The molecule has 0 fully saturated rings. The van der Waals surface area contributed by atoms with Crippen LogP contribution in [0, 0.1) is 11.7 Å². The maximum Gasteiger partial charge on any atom is 0.317 e. The van der Waals surface area contributed by atoms with Gasteiger partial charge in [0.2, 0.25) is 0 Å². The number of carbonyl (C=O) groups is 2. The fourth-order valence-electron chi connectivity index (χ4n) is 3.45. The van der Waals surface area contributed by atoms with Gasteiger partial charge in [-0.05, 0) is 60.4 Å². The zero-order valence-electron chi connectivity index (χ0n) is 15.6. The minimum Gasteiger partial charge on any atom is -0.497 e. The lowest BCUT2D eigenvalue weighted by atomic mass is 9.73. The first-order valence-corrected chi connectivity index (χ1v) is 9.32. The van der Waals surface area contributed by atoms with Gasteiger partial charge in [-0.2, -0.15) is 0 Å². The predicted octanol–water partition coefficient (Wildman–Crippen LogP) is 4.81. The van der Waals surface area contributed by atoms with Gasteiger partial charge in [0.25, 0.3) is 0 Å². The lowest BCUT2D eigenvalue weighted by Gasteiger charge is -2.29. The molecule has 0 saturated heterocycles. The van der Waals surface area contributed by atoms with Gasteiger partial charge in [-0.3, -0.25) is 9.59 Å². The molecular weight excluding hydrogens is 383 g/mol. The molecule has 1 aliphatic rings. The Balaban J connectivity index is 2.02. The molecule has 0 radical (unpaired) electrons. The third-order valence-corrected chi connectivity index (χ3v) is 5.13. The van der Waals surface area contributed by atoms with Crippen LogP contribution in [0.1, 0.15) is 30.4 Å². The van der Waals surface area contributed by atoms with Crippen LogP contribution < -0.4 is 4.74 Å². The molecular formula is C22H20ClFO4. The van der Waals surface area contributed by atoms with E-state index < -0.39 is 23.6 Å². The first-order chi connectivity index (χ1) is 13.4. The fraction of sp³-hybridized carbons (Fsp3) is 0.273. The van der Waals surface area contributed by atoms with Crippen molar-refractivity contribution in [2.45, 2.75) is 19.3 Å². The SMILES string of the molecule is CCOC(=O)[C@@H]1C(=O)C=C(c2ccc(OC)cc2)C[C@H]1c1ccc(F)c(Cl)c1. The number of rotatable bonds is 5. The summed E-state index contributed by atoms with van der Waals surface area (Å²) >= 11 is 5.94. The Morgan fingerprint density at radius 1 is 1.21 bits per heavy atom. The summed E-state index contributed by atoms with van der Waals surface area (Å²) in [5, 5.41) is -0.0480. The third-order valence-electron chi connectivity index (χ3n) is 4.84. The average molecular weight is 403 g/mol. The predicted molar refractivity (Wildman–Crippen MR) is 105 cm³/mol. The molecule has 146 valence electrons. The Labute approximate surface area is 167 Å². The van der Waals surface area contributed by atoms with Gasteiger partial charge >= 0.3 is 5.97 Å². The highest BCUT2D eigenvalue weighted by Crippen LogP contribution is 2.41. The van der Waals surface area contributed by atoms with Crippen LogP contribution in [0.4, 0.5) is 4.39 Å². The minimum atomic E-state index is -0.983. The molecule has 0 aliphatic heterocycles. The molecule has 0 saturated carbocycles. The summed E-state index contributed by atoms with van der Waals surface area (Å²) in [6, 6.07) is 11.6. The number of allylic oxidation sites excluding steroid dienone is 2. The van der Waals surface area contributed by atoms with Gasteiger partial charge in [0.1, 0.15) is 17.5 Å². The van der Waals surface area contributed by atoms with Crippen LogP contribution in [-0.2, 0) is 14.3 Å². The third kappa shape index (κ3) is 4.09. The Morgan fingerprint density at radius 3 is 2.54 bits per heavy atom. The van der Waals surface area contributed by atoms with Gasteiger partial charge in [-0.15, -0.1) is 0 Å². The first kappa shape index (κ1) is 20.1. The van der Waals surface area contributed by atoms with Crippen molar-refractivity contribution in [1.82, 2.24) is 0 Å². The smallest absolute Gasteiger partial charge is 0.317 e. The number of carbonyl (C=O) groups excluding carboxylic acids is 2. The summed E-state index contributed by atoms with van der Waals surface area (Å²) < 4.78 is 23.9. The van der Waals surface area contributed by atoms with Crippen LogP contribution in [0.3, 0.4) is 0 Å². The minimum absolute atomic E-state index is 0.0480. The van der Waals surface area contributed by atoms with Crippen molar-refractivity contribution in [1.29, 1.82) is 0 Å². The fourth-order valence-corrected chi connectivity index (χ4v) is 3.63. The average Bonchev–Trinajstić information content (AvgIpc) is 2.69. The molecule has 3 rings (SSSR count). The van der Waals surface area contributed by atoms with Gasteiger partial charge in [-0.1, -0.05) is 29.8 Å². The number of methoxy groups -OCH3 is 1. The number of ether oxygens (including phenoxy) is 2. The van der Waals surface area contributed by atoms with Crippen LogP contribution in [-0.4, -0.2) is 25.5 Å². The van der Waals surface area contributed by atoms with Crippen LogP contribution >= 0.6 is 11.6 Å². The van der Waals surface area contributed by atoms with E-state index in [0.29, 0.717) is 17.7 Å². The summed E-state index contributed by atoms with van der Waals surface area (Å²) in [5.74, 6) is -2.23. The second-order valence-corrected chi connectivity index (χ2v) is 6.92. The molecule has 0 N–H and O–H groups in total. The molecule has 0 bridgehead atoms. The van der Waals surface area contributed by atoms with Crippen LogP contribution in [0.5, 0.6) is 5.75 Å². The van der Waals surface area contributed by atoms with Gasteiger partial charge in [0.15, 0.2) is 5.78 Å². The van der Waals surface area contributed by atoms with Crippen LogP contribution in [0.15, 0.2) is 48.5 Å². The second kappa shape index (κ2) is 8.57. The van der Waals surface area contributed by atoms with Gasteiger partial charge in [-0.25, -0.2) is 4.39 Å².